The molecule has 9 heteroatoms. The van der Waals surface area contributed by atoms with Crippen LogP contribution in [0.25, 0.3) is 0 Å². The number of carboxylic acid groups (broad SMARTS) is 1. The van der Waals surface area contributed by atoms with E-state index in [9.17, 15) is 27.9 Å². The third kappa shape index (κ3) is 2.99. The Morgan fingerprint density at radius 1 is 1.26 bits per heavy atom. The molecule has 8 nitrogen and oxygen atoms in total. The van der Waals surface area contributed by atoms with Crippen LogP contribution < -0.4 is 0 Å². The van der Waals surface area contributed by atoms with Gasteiger partial charge < -0.3 is 10.0 Å². The van der Waals surface area contributed by atoms with Gasteiger partial charge in [0.2, 0.25) is 0 Å². The number of hydrogen-bond acceptors (Lipinski definition) is 5. The molecule has 1 aromatic carbocycles. The molecule has 1 atom stereocenters. The number of benzene rings is 1. The van der Waals surface area contributed by atoms with Crippen LogP contribution in [0.3, 0.4) is 0 Å². The number of carbonyl (C=O) groups is 3. The lowest BCUT2D eigenvalue weighted by Crippen LogP contribution is -2.48. The predicted molar refractivity (Wildman–Crippen MR) is 95.8 cm³/mol. The second-order valence-corrected chi connectivity index (χ2v) is 9.39. The average Bonchev–Trinajstić information content (AvgIpc) is 2.79. The fourth-order valence-corrected chi connectivity index (χ4v) is 5.45. The van der Waals surface area contributed by atoms with E-state index in [-0.39, 0.29) is 22.6 Å². The Morgan fingerprint density at radius 2 is 1.93 bits per heavy atom. The zero-order chi connectivity index (χ0) is 20.1. The van der Waals surface area contributed by atoms with Crippen molar-refractivity contribution in [1.29, 1.82) is 0 Å². The SMILES string of the molecule is CC(C)N1C(=O)c2ccc(C(=O)N3CCCC(C)(C(=O)O)C3)cc2S1(=O)=O. The van der Waals surface area contributed by atoms with Gasteiger partial charge in [-0.1, -0.05) is 0 Å². The van der Waals surface area contributed by atoms with Crippen LogP contribution in [0.2, 0.25) is 0 Å². The lowest BCUT2D eigenvalue weighted by molar-refractivity contribution is -0.150. The van der Waals surface area contributed by atoms with Gasteiger partial charge in [0.1, 0.15) is 4.90 Å². The zero-order valence-electron chi connectivity index (χ0n) is 15.4. The van der Waals surface area contributed by atoms with Crippen molar-refractivity contribution >= 4 is 27.8 Å². The Labute approximate surface area is 157 Å². The van der Waals surface area contributed by atoms with Gasteiger partial charge in [0, 0.05) is 24.7 Å². The molecule has 2 heterocycles. The maximum absolute atomic E-state index is 12.9. The second kappa shape index (κ2) is 6.33. The number of rotatable bonds is 3. The van der Waals surface area contributed by atoms with Crippen molar-refractivity contribution in [3.05, 3.63) is 29.3 Å². The van der Waals surface area contributed by atoms with E-state index in [4.69, 9.17) is 0 Å². The molecule has 1 fully saturated rings. The van der Waals surface area contributed by atoms with Crippen molar-refractivity contribution in [2.75, 3.05) is 13.1 Å². The van der Waals surface area contributed by atoms with Gasteiger partial charge in [0.15, 0.2) is 0 Å². The molecule has 0 spiro atoms. The van der Waals surface area contributed by atoms with E-state index in [1.807, 2.05) is 0 Å². The summed E-state index contributed by atoms with van der Waals surface area (Å²) in [6.45, 7) is 5.27. The van der Waals surface area contributed by atoms with Crippen LogP contribution in [0.1, 0.15) is 54.3 Å². The van der Waals surface area contributed by atoms with Crippen molar-refractivity contribution in [1.82, 2.24) is 9.21 Å². The summed E-state index contributed by atoms with van der Waals surface area (Å²) in [5.41, 5.74) is -0.846. The highest BCUT2D eigenvalue weighted by Gasteiger charge is 2.44. The fraction of sp³-hybridized carbons (Fsp3) is 0.500. The van der Waals surface area contributed by atoms with Gasteiger partial charge in [0.25, 0.3) is 21.8 Å². The molecule has 1 N–H and O–H groups in total. The van der Waals surface area contributed by atoms with E-state index in [1.165, 1.54) is 23.1 Å². The molecule has 0 bridgehead atoms. The van der Waals surface area contributed by atoms with Crippen LogP contribution in [0.5, 0.6) is 0 Å². The topological polar surface area (TPSA) is 112 Å². The highest BCUT2D eigenvalue weighted by molar-refractivity contribution is 7.90. The molecule has 1 unspecified atom stereocenters. The number of amides is 2. The van der Waals surface area contributed by atoms with E-state index in [1.54, 1.807) is 20.8 Å². The summed E-state index contributed by atoms with van der Waals surface area (Å²) in [6, 6.07) is 3.46. The van der Waals surface area contributed by atoms with Crippen LogP contribution >= 0.6 is 0 Å². The van der Waals surface area contributed by atoms with Gasteiger partial charge >= 0.3 is 5.97 Å². The zero-order valence-corrected chi connectivity index (χ0v) is 16.2. The standard InChI is InChI=1S/C18H22N2O6S/c1-11(2)20-16(22)13-6-5-12(9-14(13)27(20,25)26)15(21)19-8-4-7-18(3,10-19)17(23)24/h5-6,9,11H,4,7-8,10H2,1-3H3,(H,23,24). The van der Waals surface area contributed by atoms with E-state index in [0.29, 0.717) is 19.4 Å². The fourth-order valence-electron chi connectivity index (χ4n) is 3.66. The molecule has 1 saturated heterocycles. The molecular formula is C18H22N2O6S. The number of fused-ring (bicyclic) bond motifs is 1. The highest BCUT2D eigenvalue weighted by Crippen LogP contribution is 2.34. The number of piperidine rings is 1. The largest absolute Gasteiger partial charge is 0.481 e. The molecule has 0 radical (unpaired) electrons. The number of carboxylic acids is 1. The van der Waals surface area contributed by atoms with Crippen molar-refractivity contribution < 1.29 is 27.9 Å². The summed E-state index contributed by atoms with van der Waals surface area (Å²) in [7, 11) is -4.00. The maximum Gasteiger partial charge on any atom is 0.311 e. The molecule has 1 aromatic rings. The Morgan fingerprint density at radius 3 is 2.52 bits per heavy atom. The summed E-state index contributed by atoms with van der Waals surface area (Å²) in [5, 5.41) is 9.41. The summed E-state index contributed by atoms with van der Waals surface area (Å²) >= 11 is 0. The normalized spacial score (nSPS) is 24.2. The Balaban J connectivity index is 1.95. The van der Waals surface area contributed by atoms with Gasteiger partial charge in [-0.15, -0.1) is 0 Å². The van der Waals surface area contributed by atoms with Crippen LogP contribution in [0, 0.1) is 5.41 Å². The van der Waals surface area contributed by atoms with Crippen LogP contribution in [-0.4, -0.2) is 59.6 Å². The molecule has 2 aliphatic heterocycles. The van der Waals surface area contributed by atoms with Gasteiger partial charge in [0.05, 0.1) is 11.0 Å². The van der Waals surface area contributed by atoms with E-state index in [0.717, 1.165) is 4.31 Å². The van der Waals surface area contributed by atoms with Crippen molar-refractivity contribution in [3.63, 3.8) is 0 Å². The lowest BCUT2D eigenvalue weighted by Gasteiger charge is -2.37. The summed E-state index contributed by atoms with van der Waals surface area (Å²) in [5.74, 6) is -2.00. The van der Waals surface area contributed by atoms with Crippen LogP contribution in [-0.2, 0) is 14.8 Å². The number of carbonyl (C=O) groups excluding carboxylic acids is 2. The third-order valence-corrected chi connectivity index (χ3v) is 7.16. The Hall–Kier alpha value is -2.42. The molecule has 2 amide bonds. The summed E-state index contributed by atoms with van der Waals surface area (Å²) in [4.78, 5) is 38.0. The number of nitrogens with zero attached hydrogens (tertiary/aromatic N) is 2. The Kier molecular flexibility index (Phi) is 4.54. The minimum absolute atomic E-state index is 0.0502. The highest BCUT2D eigenvalue weighted by atomic mass is 32.2. The number of hydrogen-bond donors (Lipinski definition) is 1. The second-order valence-electron chi connectivity index (χ2n) is 7.61. The maximum atomic E-state index is 12.9. The first-order valence-corrected chi connectivity index (χ1v) is 10.2. The lowest BCUT2D eigenvalue weighted by atomic mass is 9.82. The number of likely N-dealkylation sites (tertiary alicyclic amines) is 1. The molecule has 27 heavy (non-hydrogen) atoms. The van der Waals surface area contributed by atoms with Gasteiger partial charge in [-0.05, 0) is 51.8 Å². The van der Waals surface area contributed by atoms with Gasteiger partial charge in [-0.3, -0.25) is 14.4 Å². The predicted octanol–water partition coefficient (Wildman–Crippen LogP) is 1.57. The minimum Gasteiger partial charge on any atom is -0.481 e. The minimum atomic E-state index is -4.00. The van der Waals surface area contributed by atoms with E-state index < -0.39 is 39.3 Å². The first-order valence-electron chi connectivity index (χ1n) is 8.74. The van der Waals surface area contributed by atoms with E-state index in [2.05, 4.69) is 0 Å². The number of aliphatic carboxylic acids is 1. The first kappa shape index (κ1) is 19.3. The molecule has 2 aliphatic rings. The Bertz CT molecular complexity index is 939. The molecule has 0 saturated carbocycles. The first-order chi connectivity index (χ1) is 12.5. The molecular weight excluding hydrogens is 372 g/mol. The molecule has 3 rings (SSSR count). The van der Waals surface area contributed by atoms with Gasteiger partial charge in [-0.2, -0.15) is 0 Å². The molecule has 0 aromatic heterocycles. The third-order valence-electron chi connectivity index (χ3n) is 5.16. The smallest absolute Gasteiger partial charge is 0.311 e. The molecule has 146 valence electrons. The van der Waals surface area contributed by atoms with Crippen LogP contribution in [0.15, 0.2) is 23.1 Å². The van der Waals surface area contributed by atoms with E-state index >= 15 is 0 Å². The van der Waals surface area contributed by atoms with Crippen molar-refractivity contribution in [2.45, 2.75) is 44.6 Å². The number of sulfonamides is 1. The molecule has 0 aliphatic carbocycles. The van der Waals surface area contributed by atoms with Crippen molar-refractivity contribution in [2.24, 2.45) is 5.41 Å². The van der Waals surface area contributed by atoms with Gasteiger partial charge in [-0.25, -0.2) is 12.7 Å². The summed E-state index contributed by atoms with van der Waals surface area (Å²) in [6.07, 6.45) is 1.03. The average molecular weight is 394 g/mol. The van der Waals surface area contributed by atoms with Crippen LogP contribution in [0.4, 0.5) is 0 Å². The quantitative estimate of drug-likeness (QED) is 0.833. The van der Waals surface area contributed by atoms with Crippen molar-refractivity contribution in [3.8, 4) is 0 Å². The monoisotopic (exact) mass is 394 g/mol. The summed E-state index contributed by atoms with van der Waals surface area (Å²) < 4.78 is 26.2.